The first-order valence-electron chi connectivity index (χ1n) is 15.3. The Kier molecular flexibility index (Phi) is 6.62. The molecule has 0 amide bonds. The summed E-state index contributed by atoms with van der Waals surface area (Å²) in [6.07, 6.45) is 9.67. The first-order chi connectivity index (χ1) is 21.8. The standard InChI is InChI=1S/C34H31F3N6O2/c1-2-19-5-3-6-20-11-24(44)12-25(27(19)20)29-28(35)30-26(14-38-29)32(42-16-22-7-8-23(17-42)39-22)41-33(40-30)45-18-34-9-4-10-43(34)15-21(13-34)31(36)37/h1,3,5-6,11-12,14,22-23,39,44H,4,7-10,13,15-18H2/t22?,23?,34-/m1/s1. The Morgan fingerprint density at radius 3 is 2.78 bits per heavy atom. The van der Waals surface area contributed by atoms with Gasteiger partial charge in [0.05, 0.1) is 10.9 Å². The topological polar surface area (TPSA) is 86.6 Å². The number of nitrogens with zero attached hydrogens (tertiary/aromatic N) is 5. The average Bonchev–Trinajstić information content (AvgIpc) is 3.70. The molecular formula is C34H31F3N6O2. The smallest absolute Gasteiger partial charge is 0.319 e. The molecule has 6 heterocycles. The zero-order valence-electron chi connectivity index (χ0n) is 24.5. The maximum Gasteiger partial charge on any atom is 0.319 e. The van der Waals surface area contributed by atoms with Crippen molar-refractivity contribution in [1.29, 1.82) is 0 Å². The number of piperazine rings is 1. The molecule has 0 aliphatic carbocycles. The highest BCUT2D eigenvalue weighted by atomic mass is 19.3. The normalized spacial score (nSPS) is 24.4. The van der Waals surface area contributed by atoms with E-state index in [2.05, 4.69) is 31.0 Å². The lowest BCUT2D eigenvalue weighted by molar-refractivity contribution is 0.108. The summed E-state index contributed by atoms with van der Waals surface area (Å²) in [6.45, 7) is 2.43. The third-order valence-electron chi connectivity index (χ3n) is 9.93. The van der Waals surface area contributed by atoms with Crippen LogP contribution in [0.25, 0.3) is 32.9 Å². The van der Waals surface area contributed by atoms with Crippen LogP contribution in [-0.2, 0) is 0 Å². The molecule has 2 N–H and O–H groups in total. The second-order valence-electron chi connectivity index (χ2n) is 12.7. The van der Waals surface area contributed by atoms with Crippen molar-refractivity contribution >= 4 is 27.5 Å². The molecule has 2 aromatic heterocycles. The monoisotopic (exact) mass is 612 g/mol. The molecule has 2 bridgehead atoms. The molecule has 4 aliphatic rings. The van der Waals surface area contributed by atoms with E-state index in [9.17, 15) is 13.9 Å². The van der Waals surface area contributed by atoms with E-state index in [-0.39, 0.29) is 48.1 Å². The second-order valence-corrected chi connectivity index (χ2v) is 12.7. The van der Waals surface area contributed by atoms with Crippen LogP contribution in [-0.4, -0.2) is 75.4 Å². The van der Waals surface area contributed by atoms with Crippen molar-refractivity contribution in [3.8, 4) is 35.4 Å². The fraction of sp³-hybridized carbons (Fsp3) is 0.382. The summed E-state index contributed by atoms with van der Waals surface area (Å²) in [7, 11) is 0. The van der Waals surface area contributed by atoms with Crippen LogP contribution in [0.5, 0.6) is 11.8 Å². The Hall–Kier alpha value is -4.40. The van der Waals surface area contributed by atoms with Crippen molar-refractivity contribution in [2.75, 3.05) is 37.7 Å². The number of halogens is 3. The number of ether oxygens (including phenoxy) is 1. The Morgan fingerprint density at radius 2 is 2.00 bits per heavy atom. The van der Waals surface area contributed by atoms with Crippen molar-refractivity contribution in [3.05, 3.63) is 59.6 Å². The highest BCUT2D eigenvalue weighted by Gasteiger charge is 2.48. The zero-order chi connectivity index (χ0) is 30.9. The van der Waals surface area contributed by atoms with Crippen LogP contribution < -0.4 is 15.0 Å². The van der Waals surface area contributed by atoms with Gasteiger partial charge in [0.15, 0.2) is 5.82 Å². The summed E-state index contributed by atoms with van der Waals surface area (Å²) >= 11 is 0. The van der Waals surface area contributed by atoms with Gasteiger partial charge in [0, 0.05) is 60.0 Å². The number of fused-ring (bicyclic) bond motifs is 5. The molecule has 2 unspecified atom stereocenters. The number of hydrogen-bond acceptors (Lipinski definition) is 8. The molecule has 230 valence electrons. The fourth-order valence-corrected chi connectivity index (χ4v) is 7.87. The Morgan fingerprint density at radius 1 is 1.18 bits per heavy atom. The molecule has 3 atom stereocenters. The lowest BCUT2D eigenvalue weighted by Gasteiger charge is -2.34. The summed E-state index contributed by atoms with van der Waals surface area (Å²) in [5.41, 5.74) is 0.484. The number of phenolic OH excluding ortho intramolecular Hbond substituents is 1. The van der Waals surface area contributed by atoms with Crippen LogP contribution in [0.3, 0.4) is 0 Å². The number of anilines is 1. The molecule has 0 spiro atoms. The number of aromatic hydroxyl groups is 1. The van der Waals surface area contributed by atoms with Crippen molar-refractivity contribution in [3.63, 3.8) is 0 Å². The van der Waals surface area contributed by atoms with Gasteiger partial charge in [0.2, 0.25) is 0 Å². The van der Waals surface area contributed by atoms with Crippen molar-refractivity contribution < 1.29 is 23.0 Å². The van der Waals surface area contributed by atoms with Gasteiger partial charge in [-0.3, -0.25) is 9.88 Å². The summed E-state index contributed by atoms with van der Waals surface area (Å²) in [5, 5.41) is 15.8. The largest absolute Gasteiger partial charge is 0.508 e. The van der Waals surface area contributed by atoms with E-state index in [1.165, 1.54) is 6.07 Å². The summed E-state index contributed by atoms with van der Waals surface area (Å²) in [4.78, 5) is 18.1. The molecule has 11 heteroatoms. The molecule has 2 aromatic carbocycles. The average molecular weight is 613 g/mol. The number of pyridine rings is 1. The van der Waals surface area contributed by atoms with Crippen LogP contribution in [0.1, 0.15) is 37.7 Å². The third-order valence-corrected chi connectivity index (χ3v) is 9.93. The van der Waals surface area contributed by atoms with Gasteiger partial charge >= 0.3 is 6.01 Å². The van der Waals surface area contributed by atoms with Gasteiger partial charge in [-0.15, -0.1) is 6.42 Å². The van der Waals surface area contributed by atoms with Gasteiger partial charge in [-0.2, -0.15) is 18.7 Å². The molecule has 4 fully saturated rings. The van der Waals surface area contributed by atoms with Crippen LogP contribution in [0, 0.1) is 18.2 Å². The van der Waals surface area contributed by atoms with Gasteiger partial charge in [-0.1, -0.05) is 18.1 Å². The molecule has 4 saturated heterocycles. The maximum absolute atomic E-state index is 16.8. The number of rotatable bonds is 5. The SMILES string of the molecule is C#Cc1cccc2cc(O)cc(-c3ncc4c(N5CC6CCC(C5)N6)nc(OC[C@]56CCCN5CC(=C(F)F)C6)nc4c3F)c12. The van der Waals surface area contributed by atoms with Crippen LogP contribution in [0.2, 0.25) is 0 Å². The number of benzene rings is 2. The number of aromatic nitrogens is 3. The number of hydrogen-bond donors (Lipinski definition) is 2. The minimum Gasteiger partial charge on any atom is -0.508 e. The van der Waals surface area contributed by atoms with E-state index in [4.69, 9.17) is 16.1 Å². The first-order valence-corrected chi connectivity index (χ1v) is 15.3. The van der Waals surface area contributed by atoms with Crippen molar-refractivity contribution in [1.82, 2.24) is 25.2 Å². The molecule has 8 rings (SSSR count). The minimum atomic E-state index is -1.63. The van der Waals surface area contributed by atoms with Crippen LogP contribution in [0.4, 0.5) is 19.0 Å². The molecule has 4 aromatic rings. The highest BCUT2D eigenvalue weighted by molar-refractivity contribution is 6.02. The van der Waals surface area contributed by atoms with Gasteiger partial charge < -0.3 is 20.1 Å². The Labute approximate surface area is 257 Å². The lowest BCUT2D eigenvalue weighted by Crippen LogP contribution is -2.51. The predicted molar refractivity (Wildman–Crippen MR) is 165 cm³/mol. The van der Waals surface area contributed by atoms with Gasteiger partial charge in [-0.25, -0.2) is 4.39 Å². The molecule has 0 saturated carbocycles. The Bertz CT molecular complexity index is 1930. The van der Waals surface area contributed by atoms with Crippen molar-refractivity contribution in [2.45, 2.75) is 49.7 Å². The maximum atomic E-state index is 16.8. The van der Waals surface area contributed by atoms with Gasteiger partial charge in [-0.05, 0) is 62.2 Å². The van der Waals surface area contributed by atoms with E-state index in [0.717, 1.165) is 25.7 Å². The van der Waals surface area contributed by atoms with Gasteiger partial charge in [0.1, 0.15) is 29.4 Å². The van der Waals surface area contributed by atoms with E-state index in [1.807, 2.05) is 0 Å². The predicted octanol–water partition coefficient (Wildman–Crippen LogP) is 5.38. The first kappa shape index (κ1) is 28.1. The van der Waals surface area contributed by atoms with E-state index >= 15 is 4.39 Å². The number of nitrogens with one attached hydrogen (secondary N) is 1. The molecule has 45 heavy (non-hydrogen) atoms. The fourth-order valence-electron chi connectivity index (χ4n) is 7.87. The summed E-state index contributed by atoms with van der Waals surface area (Å²) in [6, 6.07) is 8.95. The van der Waals surface area contributed by atoms with Gasteiger partial charge in [0.25, 0.3) is 6.08 Å². The van der Waals surface area contributed by atoms with Crippen LogP contribution >= 0.6 is 0 Å². The van der Waals surface area contributed by atoms with E-state index in [1.54, 1.807) is 30.5 Å². The minimum absolute atomic E-state index is 0.00775. The molecule has 8 nitrogen and oxygen atoms in total. The van der Waals surface area contributed by atoms with Crippen molar-refractivity contribution in [2.24, 2.45) is 0 Å². The van der Waals surface area contributed by atoms with Crippen LogP contribution in [0.15, 0.2) is 48.2 Å². The molecule has 0 radical (unpaired) electrons. The number of terminal acetylenes is 1. The second kappa shape index (κ2) is 10.6. The molecular weight excluding hydrogens is 581 g/mol. The lowest BCUT2D eigenvalue weighted by atomic mass is 9.94. The zero-order valence-corrected chi connectivity index (χ0v) is 24.5. The summed E-state index contributed by atoms with van der Waals surface area (Å²) < 4.78 is 50.2. The quantitative estimate of drug-likeness (QED) is 0.291. The summed E-state index contributed by atoms with van der Waals surface area (Å²) in [5.74, 6) is 2.45. The third kappa shape index (κ3) is 4.66. The highest BCUT2D eigenvalue weighted by Crippen LogP contribution is 2.43. The molecule has 4 aliphatic heterocycles. The number of phenols is 1. The van der Waals surface area contributed by atoms with E-state index in [0.29, 0.717) is 64.8 Å². The van der Waals surface area contributed by atoms with E-state index < -0.39 is 17.4 Å². The Balaban J connectivity index is 1.25.